The average Bonchev–Trinajstić information content (AvgIpc) is 2.35. The van der Waals surface area contributed by atoms with Crippen molar-refractivity contribution >= 4 is 23.5 Å². The average molecular weight is 247 g/mol. The molecule has 6 heteroatoms. The van der Waals surface area contributed by atoms with E-state index in [2.05, 4.69) is 0 Å². The minimum atomic E-state index is -1.61. The summed E-state index contributed by atoms with van der Waals surface area (Å²) in [5, 5.41) is 19.4. The van der Waals surface area contributed by atoms with E-state index < -0.39 is 7.12 Å². The van der Waals surface area contributed by atoms with Gasteiger partial charge in [-0.05, 0) is 29.9 Å². The smallest absolute Gasteiger partial charge is 0.489 e. The summed E-state index contributed by atoms with van der Waals surface area (Å²) in [7, 11) is 1.52. The molecular weight excluding hydrogens is 233 g/mol. The van der Waals surface area contributed by atoms with Gasteiger partial charge in [0.25, 0.3) is 5.56 Å². The molecule has 0 saturated heterocycles. The fourth-order valence-electron chi connectivity index (χ4n) is 2.05. The summed E-state index contributed by atoms with van der Waals surface area (Å²) in [4.78, 5) is 11.9. The molecule has 94 valence electrons. The summed E-state index contributed by atoms with van der Waals surface area (Å²) in [5.74, 6) is 0.476. The van der Waals surface area contributed by atoms with Crippen molar-refractivity contribution < 1.29 is 14.8 Å². The van der Waals surface area contributed by atoms with Gasteiger partial charge in [-0.1, -0.05) is 0 Å². The van der Waals surface area contributed by atoms with Gasteiger partial charge in [0.05, 0.1) is 12.6 Å². The Kier molecular flexibility index (Phi) is 3.15. The van der Waals surface area contributed by atoms with Crippen LogP contribution in [0.1, 0.15) is 5.56 Å². The zero-order valence-corrected chi connectivity index (χ0v) is 10.5. The van der Waals surface area contributed by atoms with Crippen LogP contribution in [0.3, 0.4) is 0 Å². The zero-order valence-electron chi connectivity index (χ0n) is 10.5. The number of ether oxygens (including phenoxy) is 1. The van der Waals surface area contributed by atoms with Gasteiger partial charge in [-0.25, -0.2) is 0 Å². The second kappa shape index (κ2) is 4.47. The van der Waals surface area contributed by atoms with E-state index in [9.17, 15) is 14.8 Å². The lowest BCUT2D eigenvalue weighted by Crippen LogP contribution is -2.32. The number of pyridine rings is 1. The highest BCUT2D eigenvalue weighted by Gasteiger charge is 2.18. The van der Waals surface area contributed by atoms with E-state index in [1.54, 1.807) is 32.2 Å². The molecule has 0 aliphatic heterocycles. The molecule has 5 nitrogen and oxygen atoms in total. The molecule has 1 aromatic carbocycles. The van der Waals surface area contributed by atoms with Gasteiger partial charge in [-0.2, -0.15) is 0 Å². The third-order valence-electron chi connectivity index (χ3n) is 3.04. The summed E-state index contributed by atoms with van der Waals surface area (Å²) < 4.78 is 6.57. The Labute approximate surface area is 104 Å². The number of aromatic nitrogens is 1. The number of hydrogen-bond acceptors (Lipinski definition) is 4. The molecule has 0 saturated carbocycles. The van der Waals surface area contributed by atoms with Crippen molar-refractivity contribution in [3.05, 3.63) is 34.1 Å². The van der Waals surface area contributed by atoms with Crippen LogP contribution in [0.5, 0.6) is 5.75 Å². The topological polar surface area (TPSA) is 71.7 Å². The van der Waals surface area contributed by atoms with Crippen LogP contribution in [-0.4, -0.2) is 28.8 Å². The first kappa shape index (κ1) is 12.7. The highest BCUT2D eigenvalue weighted by atomic mass is 16.5. The minimum absolute atomic E-state index is 0.117. The SMILES string of the molecule is COc1cc(B(O)O)c2cc(C)c(=O)n(C)c2c1. The van der Waals surface area contributed by atoms with Gasteiger partial charge >= 0.3 is 7.12 Å². The van der Waals surface area contributed by atoms with Gasteiger partial charge in [0.15, 0.2) is 0 Å². The number of aryl methyl sites for hydroxylation is 2. The fourth-order valence-corrected chi connectivity index (χ4v) is 2.05. The van der Waals surface area contributed by atoms with E-state index in [-0.39, 0.29) is 5.56 Å². The molecule has 0 amide bonds. The van der Waals surface area contributed by atoms with Crippen molar-refractivity contribution in [1.82, 2.24) is 4.57 Å². The first-order chi connectivity index (χ1) is 8.45. The van der Waals surface area contributed by atoms with E-state index in [1.807, 2.05) is 0 Å². The van der Waals surface area contributed by atoms with Gasteiger partial charge in [-0.15, -0.1) is 0 Å². The number of fused-ring (bicyclic) bond motifs is 1. The van der Waals surface area contributed by atoms with Crippen molar-refractivity contribution in [2.45, 2.75) is 6.92 Å². The lowest BCUT2D eigenvalue weighted by molar-refractivity contribution is 0.412. The molecule has 0 atom stereocenters. The Balaban J connectivity index is 2.96. The van der Waals surface area contributed by atoms with E-state index in [0.717, 1.165) is 0 Å². The summed E-state index contributed by atoms with van der Waals surface area (Å²) >= 11 is 0. The Bertz CT molecular complexity index is 663. The van der Waals surface area contributed by atoms with Gasteiger partial charge in [0, 0.05) is 18.7 Å². The van der Waals surface area contributed by atoms with Crippen LogP contribution in [0, 0.1) is 6.92 Å². The van der Waals surface area contributed by atoms with E-state index >= 15 is 0 Å². The predicted molar refractivity (Wildman–Crippen MR) is 70.3 cm³/mol. The highest BCUT2D eigenvalue weighted by molar-refractivity contribution is 6.62. The molecule has 0 aliphatic rings. The number of nitrogens with zero attached hydrogens (tertiary/aromatic N) is 1. The largest absolute Gasteiger partial charge is 0.497 e. The first-order valence-electron chi connectivity index (χ1n) is 5.50. The summed E-state index contributed by atoms with van der Waals surface area (Å²) in [6.07, 6.45) is 0. The van der Waals surface area contributed by atoms with Crippen LogP contribution in [0.2, 0.25) is 0 Å². The molecule has 0 fully saturated rings. The van der Waals surface area contributed by atoms with Gasteiger partial charge in [-0.3, -0.25) is 4.79 Å². The van der Waals surface area contributed by atoms with Crippen LogP contribution in [0.15, 0.2) is 23.0 Å². The Morgan fingerprint density at radius 2 is 1.94 bits per heavy atom. The van der Waals surface area contributed by atoms with Crippen LogP contribution >= 0.6 is 0 Å². The van der Waals surface area contributed by atoms with Crippen molar-refractivity contribution in [3.63, 3.8) is 0 Å². The van der Waals surface area contributed by atoms with Gasteiger partial charge in [0.2, 0.25) is 0 Å². The quantitative estimate of drug-likeness (QED) is 0.704. The van der Waals surface area contributed by atoms with Crippen molar-refractivity contribution in [1.29, 1.82) is 0 Å². The number of rotatable bonds is 2. The third-order valence-corrected chi connectivity index (χ3v) is 3.04. The normalized spacial score (nSPS) is 10.7. The van der Waals surface area contributed by atoms with Crippen molar-refractivity contribution in [2.75, 3.05) is 7.11 Å². The maximum atomic E-state index is 11.9. The lowest BCUT2D eigenvalue weighted by Gasteiger charge is -2.12. The molecule has 0 aliphatic carbocycles. The minimum Gasteiger partial charge on any atom is -0.497 e. The van der Waals surface area contributed by atoms with Crippen molar-refractivity contribution in [3.8, 4) is 5.75 Å². The maximum Gasteiger partial charge on any atom is 0.489 e. The van der Waals surface area contributed by atoms with Crippen LogP contribution in [0.4, 0.5) is 0 Å². The number of hydrogen-bond donors (Lipinski definition) is 2. The molecule has 0 radical (unpaired) electrons. The third kappa shape index (κ3) is 1.89. The van der Waals surface area contributed by atoms with Crippen molar-refractivity contribution in [2.24, 2.45) is 7.05 Å². The number of benzene rings is 1. The van der Waals surface area contributed by atoms with E-state index in [0.29, 0.717) is 27.7 Å². The summed E-state index contributed by atoms with van der Waals surface area (Å²) in [5.41, 5.74) is 1.36. The second-order valence-corrected chi connectivity index (χ2v) is 4.21. The summed E-state index contributed by atoms with van der Waals surface area (Å²) in [6.45, 7) is 1.69. The first-order valence-corrected chi connectivity index (χ1v) is 5.50. The van der Waals surface area contributed by atoms with Crippen LogP contribution < -0.4 is 15.8 Å². The molecule has 0 bridgehead atoms. The molecular formula is C12H14BNO4. The predicted octanol–water partition coefficient (Wildman–Crippen LogP) is -0.465. The zero-order chi connectivity index (χ0) is 13.4. The summed E-state index contributed by atoms with van der Waals surface area (Å²) in [6, 6.07) is 4.91. The number of methoxy groups -OCH3 is 1. The van der Waals surface area contributed by atoms with Gasteiger partial charge < -0.3 is 19.4 Å². The molecule has 2 N–H and O–H groups in total. The maximum absolute atomic E-state index is 11.9. The highest BCUT2D eigenvalue weighted by Crippen LogP contribution is 2.18. The molecule has 2 aromatic rings. The Morgan fingerprint density at radius 3 is 2.50 bits per heavy atom. The molecule has 0 unspecified atom stereocenters. The molecule has 1 heterocycles. The Hall–Kier alpha value is -1.79. The van der Waals surface area contributed by atoms with Crippen LogP contribution in [-0.2, 0) is 7.05 Å². The molecule has 2 rings (SSSR count). The standard InChI is InChI=1S/C12H14BNO4/c1-7-4-9-10(13(16)17)5-8(18-3)6-11(9)14(2)12(7)15/h4-6,16-17H,1-3H3. The lowest BCUT2D eigenvalue weighted by atomic mass is 9.77. The van der Waals surface area contributed by atoms with E-state index in [4.69, 9.17) is 4.74 Å². The fraction of sp³-hybridized carbons (Fsp3) is 0.250. The molecule has 1 aromatic heterocycles. The second-order valence-electron chi connectivity index (χ2n) is 4.21. The van der Waals surface area contributed by atoms with Crippen LogP contribution in [0.25, 0.3) is 10.9 Å². The monoisotopic (exact) mass is 247 g/mol. The molecule has 0 spiro atoms. The Morgan fingerprint density at radius 1 is 1.28 bits per heavy atom. The molecule has 18 heavy (non-hydrogen) atoms. The van der Waals surface area contributed by atoms with Gasteiger partial charge in [0.1, 0.15) is 5.75 Å². The van der Waals surface area contributed by atoms with E-state index in [1.165, 1.54) is 11.7 Å².